The smallest absolute Gasteiger partial charge is 0.229 e. The Morgan fingerprint density at radius 3 is 2.55 bits per heavy atom. The second-order valence-corrected chi connectivity index (χ2v) is 20.8. The van der Waals surface area contributed by atoms with Crippen LogP contribution in [-0.4, -0.2) is 109 Å². The molecule has 0 radical (unpaired) electrons. The fourth-order valence-corrected chi connectivity index (χ4v) is 14.2. The highest BCUT2D eigenvalue weighted by molar-refractivity contribution is 8.76. The van der Waals surface area contributed by atoms with Gasteiger partial charge in [0.2, 0.25) is 6.29 Å². The molecule has 0 aromatic heterocycles. The third-order valence-electron chi connectivity index (χ3n) is 15.0. The van der Waals surface area contributed by atoms with Gasteiger partial charge in [0.1, 0.15) is 40.8 Å². The standard InChI is InChI=1S/C47H56N2O11S2/c50-15-10-30-6-3-11-44(30)12-13-45(23-44)24-47(58)40(55)35(22-52)60-43(42(47)57)59-34-8-2-7-32-38(34)41(56)46(25-61-62-26-49-37-20-31(45)9-14-48-37)33(39(32)54)18-29(19-36(46)53)17-27-4-1-5-28(16-27)21-51/h1-2,4-5,7-9,16,18-20,30,33,35,40,42-43,48-53,55,57-58H,3,6,10-15,17,21-26H2. The molecular weight excluding hydrogens is 833 g/mol. The van der Waals surface area contributed by atoms with E-state index in [1.165, 1.54) is 33.7 Å². The van der Waals surface area contributed by atoms with Gasteiger partial charge < -0.3 is 55.9 Å². The van der Waals surface area contributed by atoms with Crippen LogP contribution in [0.25, 0.3) is 0 Å². The van der Waals surface area contributed by atoms with Crippen molar-refractivity contribution in [3.8, 4) is 5.75 Å². The lowest BCUT2D eigenvalue weighted by atomic mass is 9.60. The summed E-state index contributed by atoms with van der Waals surface area (Å²) >= 11 is 0. The third-order valence-corrected chi connectivity index (χ3v) is 17.3. The molecule has 13 nitrogen and oxygen atoms in total. The van der Waals surface area contributed by atoms with Crippen LogP contribution in [0.4, 0.5) is 0 Å². The first-order valence-corrected chi connectivity index (χ1v) is 24.2. The van der Waals surface area contributed by atoms with Crippen molar-refractivity contribution in [1.29, 1.82) is 0 Å². The lowest BCUT2D eigenvalue weighted by Crippen LogP contribution is -2.69. The molecule has 6 bridgehead atoms. The Balaban J connectivity index is 1.13. The van der Waals surface area contributed by atoms with Crippen molar-refractivity contribution in [2.45, 2.75) is 94.6 Å². The number of rotatable bonds is 6. The van der Waals surface area contributed by atoms with Crippen LogP contribution < -0.4 is 15.4 Å². The van der Waals surface area contributed by atoms with E-state index >= 15 is 4.79 Å². The Bertz CT molecular complexity index is 2230. The number of fused-ring (bicyclic) bond motifs is 4. The van der Waals surface area contributed by atoms with Gasteiger partial charge in [0, 0.05) is 24.5 Å². The molecule has 15 heteroatoms. The van der Waals surface area contributed by atoms with E-state index in [0.29, 0.717) is 43.7 Å². The van der Waals surface area contributed by atoms with Gasteiger partial charge in [-0.2, -0.15) is 0 Å². The minimum absolute atomic E-state index is 0.0212. The van der Waals surface area contributed by atoms with Crippen molar-refractivity contribution in [3.63, 3.8) is 0 Å². The van der Waals surface area contributed by atoms with Gasteiger partial charge in [-0.25, -0.2) is 0 Å². The summed E-state index contributed by atoms with van der Waals surface area (Å²) in [5.41, 5.74) is -1.69. The summed E-state index contributed by atoms with van der Waals surface area (Å²) in [4.78, 5) is 30.0. The van der Waals surface area contributed by atoms with Gasteiger partial charge in [-0.1, -0.05) is 76.6 Å². The maximum absolute atomic E-state index is 15.3. The number of hydrogen-bond donors (Lipinski definition) is 9. The van der Waals surface area contributed by atoms with E-state index in [4.69, 9.17) is 9.47 Å². The number of carbonyl (C=O) groups excluding carboxylic acids is 2. The number of benzene rings is 2. The quantitative estimate of drug-likeness (QED) is 0.184. The molecule has 10 unspecified atom stereocenters. The van der Waals surface area contributed by atoms with Crippen LogP contribution >= 0.6 is 21.6 Å². The number of dihydropyridines is 1. The summed E-state index contributed by atoms with van der Waals surface area (Å²) < 4.78 is 12.4. The van der Waals surface area contributed by atoms with Crippen LogP contribution in [0.2, 0.25) is 0 Å². The molecule has 0 amide bonds. The van der Waals surface area contributed by atoms with Crippen molar-refractivity contribution in [3.05, 3.63) is 112 Å². The van der Waals surface area contributed by atoms with E-state index in [9.17, 15) is 40.5 Å². The monoisotopic (exact) mass is 888 g/mol. The van der Waals surface area contributed by atoms with E-state index in [1.807, 2.05) is 24.3 Å². The zero-order valence-electron chi connectivity index (χ0n) is 34.5. The van der Waals surface area contributed by atoms with Crippen molar-refractivity contribution in [2.75, 3.05) is 31.4 Å². The fourth-order valence-electron chi connectivity index (χ4n) is 12.0. The molecule has 4 aliphatic carbocycles. The lowest BCUT2D eigenvalue weighted by molar-refractivity contribution is -0.319. The molecule has 7 aliphatic rings. The Morgan fingerprint density at radius 2 is 1.74 bits per heavy atom. The van der Waals surface area contributed by atoms with Crippen molar-refractivity contribution in [2.24, 2.45) is 28.1 Å². The van der Waals surface area contributed by atoms with Gasteiger partial charge in [-0.15, -0.1) is 0 Å². The molecule has 3 fully saturated rings. The van der Waals surface area contributed by atoms with Gasteiger partial charge in [-0.05, 0) is 109 Å². The molecule has 3 heterocycles. The van der Waals surface area contributed by atoms with Crippen LogP contribution in [0.15, 0.2) is 89.5 Å². The number of hydrogen-bond acceptors (Lipinski definition) is 15. The number of Topliss-reactive ketones (excluding diaryl/α,β-unsaturated/α-hetero) is 2. The van der Waals surface area contributed by atoms with Crippen LogP contribution in [0.5, 0.6) is 5.75 Å². The minimum Gasteiger partial charge on any atom is -0.511 e. The number of ether oxygens (including phenoxy) is 2. The summed E-state index contributed by atoms with van der Waals surface area (Å²) in [5, 5.41) is 86.4. The van der Waals surface area contributed by atoms with Gasteiger partial charge in [-0.3, -0.25) is 9.59 Å². The predicted molar refractivity (Wildman–Crippen MR) is 234 cm³/mol. The van der Waals surface area contributed by atoms with Crippen LogP contribution in [0.1, 0.15) is 83.2 Å². The summed E-state index contributed by atoms with van der Waals surface area (Å²) in [7, 11) is 2.79. The zero-order chi connectivity index (χ0) is 43.4. The number of aliphatic hydroxyl groups excluding tert-OH is 6. The highest BCUT2D eigenvalue weighted by Crippen LogP contribution is 2.66. The topological polar surface area (TPSA) is 218 Å². The summed E-state index contributed by atoms with van der Waals surface area (Å²) in [5.74, 6) is -0.976. The summed E-state index contributed by atoms with van der Waals surface area (Å²) in [6.45, 7) is -0.288. The molecule has 10 atom stereocenters. The maximum Gasteiger partial charge on any atom is 0.229 e. The molecule has 332 valence electrons. The van der Waals surface area contributed by atoms with Crippen molar-refractivity contribution < 1.29 is 54.8 Å². The molecule has 1 saturated heterocycles. The molecule has 2 aromatic rings. The van der Waals surface area contributed by atoms with Crippen LogP contribution in [0.3, 0.4) is 0 Å². The molecular formula is C47H56N2O11S2. The minimum atomic E-state index is -2.28. The zero-order valence-corrected chi connectivity index (χ0v) is 36.1. The molecule has 62 heavy (non-hydrogen) atoms. The van der Waals surface area contributed by atoms with Gasteiger partial charge in [0.25, 0.3) is 0 Å². The van der Waals surface area contributed by atoms with Gasteiger partial charge in [0.05, 0.1) is 36.4 Å². The molecule has 9 rings (SSSR count). The Morgan fingerprint density at radius 1 is 0.919 bits per heavy atom. The average molecular weight is 889 g/mol. The third kappa shape index (κ3) is 7.25. The fraction of sp³-hybridized carbons (Fsp3) is 0.532. The summed E-state index contributed by atoms with van der Waals surface area (Å²) in [6.07, 6.45) is 6.81. The molecule has 2 saturated carbocycles. The lowest BCUT2D eigenvalue weighted by Gasteiger charge is -2.51. The maximum atomic E-state index is 15.3. The second kappa shape index (κ2) is 17.1. The van der Waals surface area contributed by atoms with E-state index in [1.54, 1.807) is 24.3 Å². The number of aliphatic hydroxyl groups is 7. The van der Waals surface area contributed by atoms with Crippen molar-refractivity contribution in [1.82, 2.24) is 10.6 Å². The normalized spacial score (nSPS) is 36.9. The molecule has 3 aliphatic heterocycles. The van der Waals surface area contributed by atoms with Crippen LogP contribution in [-0.2, 0) is 17.8 Å². The first-order valence-electron chi connectivity index (χ1n) is 21.7. The largest absolute Gasteiger partial charge is 0.511 e. The van der Waals surface area contributed by atoms with E-state index in [2.05, 4.69) is 16.7 Å². The van der Waals surface area contributed by atoms with E-state index in [-0.39, 0.29) is 59.4 Å². The van der Waals surface area contributed by atoms with Gasteiger partial charge in [0.15, 0.2) is 11.6 Å². The summed E-state index contributed by atoms with van der Waals surface area (Å²) in [6, 6.07) is 12.0. The number of carbonyl (C=O) groups is 2. The number of nitrogens with one attached hydrogen (secondary N) is 2. The molecule has 2 aromatic carbocycles. The molecule has 9 N–H and O–H groups in total. The highest BCUT2D eigenvalue weighted by atomic mass is 33.1. The first kappa shape index (κ1) is 43.6. The number of ketones is 2. The Kier molecular flexibility index (Phi) is 12.0. The molecule has 3 spiro atoms. The van der Waals surface area contributed by atoms with Crippen molar-refractivity contribution >= 4 is 33.2 Å². The first-order chi connectivity index (χ1) is 29.9. The average Bonchev–Trinajstić information content (AvgIpc) is 3.85. The number of allylic oxidation sites excluding steroid dienone is 6. The SMILES string of the molecule is O=C1c2cccc3c2C(=O)C2(CSSCNC4=CC(=CCN4)C4(CCC5(CCCC5CCO)C4)CC4(O)C(O)C(CO)OC(O3)C4O)C(O)=CC(Cc3cccc(CO)c3)=CC12. The predicted octanol–water partition coefficient (Wildman–Crippen LogP) is 4.38. The van der Waals surface area contributed by atoms with E-state index in [0.717, 1.165) is 48.2 Å². The Labute approximate surface area is 368 Å². The van der Waals surface area contributed by atoms with Gasteiger partial charge >= 0.3 is 0 Å². The van der Waals surface area contributed by atoms with Crippen LogP contribution in [0, 0.1) is 28.1 Å². The van der Waals surface area contributed by atoms with E-state index < -0.39 is 65.1 Å². The highest BCUT2D eigenvalue weighted by Gasteiger charge is 2.63. The second-order valence-electron chi connectivity index (χ2n) is 18.4. The Hall–Kier alpha value is -3.64.